The molecule has 0 aromatic heterocycles. The molecule has 0 bridgehead atoms. The molecule has 1 aromatic carbocycles. The summed E-state index contributed by atoms with van der Waals surface area (Å²) in [4.78, 5) is 2.62. The maximum absolute atomic E-state index is 3.69. The van der Waals surface area contributed by atoms with E-state index >= 15 is 0 Å². The van der Waals surface area contributed by atoms with Crippen molar-refractivity contribution in [3.05, 3.63) is 35.4 Å². The van der Waals surface area contributed by atoms with Crippen molar-refractivity contribution in [2.45, 2.75) is 38.5 Å². The Kier molecular flexibility index (Phi) is 5.10. The van der Waals surface area contributed by atoms with Crippen LogP contribution in [0.25, 0.3) is 0 Å². The van der Waals surface area contributed by atoms with Gasteiger partial charge in [0.1, 0.15) is 0 Å². The van der Waals surface area contributed by atoms with Crippen LogP contribution in [0.1, 0.15) is 36.8 Å². The molecule has 1 N–H and O–H groups in total. The quantitative estimate of drug-likeness (QED) is 0.829. The van der Waals surface area contributed by atoms with Crippen molar-refractivity contribution in [2.24, 2.45) is 5.92 Å². The van der Waals surface area contributed by atoms with Gasteiger partial charge >= 0.3 is 0 Å². The number of rotatable bonds is 5. The summed E-state index contributed by atoms with van der Waals surface area (Å²) < 4.78 is 0. The molecule has 20 heavy (non-hydrogen) atoms. The molecular formula is C18H28N2. The van der Waals surface area contributed by atoms with Gasteiger partial charge < -0.3 is 10.2 Å². The standard InChI is InChI=1S/C18H28N2/c1-4-11-20(12-5-1)13-10-19-15-16-8-9-17-6-2-3-7-18(17)14-16/h2-3,6-7,16,19H,1,4-5,8-15H2. The predicted molar refractivity (Wildman–Crippen MR) is 85.1 cm³/mol. The van der Waals surface area contributed by atoms with Crippen LogP contribution in [0.2, 0.25) is 0 Å². The summed E-state index contributed by atoms with van der Waals surface area (Å²) in [5, 5.41) is 3.69. The van der Waals surface area contributed by atoms with Gasteiger partial charge in [-0.05, 0) is 68.8 Å². The van der Waals surface area contributed by atoms with Crippen molar-refractivity contribution in [3.63, 3.8) is 0 Å². The van der Waals surface area contributed by atoms with Crippen LogP contribution in [0.15, 0.2) is 24.3 Å². The van der Waals surface area contributed by atoms with Crippen LogP contribution in [0.5, 0.6) is 0 Å². The molecule has 0 amide bonds. The fourth-order valence-corrected chi connectivity index (χ4v) is 3.67. The van der Waals surface area contributed by atoms with Gasteiger partial charge in [0.2, 0.25) is 0 Å². The lowest BCUT2D eigenvalue weighted by atomic mass is 9.84. The van der Waals surface area contributed by atoms with E-state index in [0.717, 1.165) is 12.5 Å². The van der Waals surface area contributed by atoms with Crippen LogP contribution in [0.4, 0.5) is 0 Å². The SMILES string of the molecule is c1ccc2c(c1)CCC(CNCCN1CCCCC1)C2. The summed E-state index contributed by atoms with van der Waals surface area (Å²) in [5.74, 6) is 0.839. The molecule has 1 atom stereocenters. The van der Waals surface area contributed by atoms with E-state index in [4.69, 9.17) is 0 Å². The summed E-state index contributed by atoms with van der Waals surface area (Å²) >= 11 is 0. The van der Waals surface area contributed by atoms with E-state index in [9.17, 15) is 0 Å². The highest BCUT2D eigenvalue weighted by molar-refractivity contribution is 5.29. The summed E-state index contributed by atoms with van der Waals surface area (Å²) in [6.07, 6.45) is 8.14. The molecule has 1 aliphatic carbocycles. The third-order valence-electron chi connectivity index (χ3n) is 4.94. The van der Waals surface area contributed by atoms with E-state index in [1.54, 1.807) is 11.1 Å². The minimum atomic E-state index is 0.839. The number of aryl methyl sites for hydroxylation is 1. The topological polar surface area (TPSA) is 15.3 Å². The van der Waals surface area contributed by atoms with Crippen LogP contribution in [0.3, 0.4) is 0 Å². The molecule has 1 aliphatic heterocycles. The molecule has 3 rings (SSSR count). The number of benzene rings is 1. The first-order valence-corrected chi connectivity index (χ1v) is 8.41. The maximum atomic E-state index is 3.69. The largest absolute Gasteiger partial charge is 0.315 e. The smallest absolute Gasteiger partial charge is 0.0107 e. The van der Waals surface area contributed by atoms with Crippen molar-refractivity contribution < 1.29 is 0 Å². The number of hydrogen-bond acceptors (Lipinski definition) is 2. The van der Waals surface area contributed by atoms with Gasteiger partial charge in [-0.15, -0.1) is 0 Å². The van der Waals surface area contributed by atoms with Gasteiger partial charge in [0.05, 0.1) is 0 Å². The number of likely N-dealkylation sites (tertiary alicyclic amines) is 1. The Morgan fingerprint density at radius 2 is 1.85 bits per heavy atom. The van der Waals surface area contributed by atoms with Crippen molar-refractivity contribution >= 4 is 0 Å². The first-order valence-electron chi connectivity index (χ1n) is 8.41. The van der Waals surface area contributed by atoms with Crippen molar-refractivity contribution in [1.29, 1.82) is 0 Å². The number of hydrogen-bond donors (Lipinski definition) is 1. The highest BCUT2D eigenvalue weighted by Gasteiger charge is 2.17. The van der Waals surface area contributed by atoms with Gasteiger partial charge in [0.25, 0.3) is 0 Å². The molecule has 1 fully saturated rings. The molecule has 2 heteroatoms. The van der Waals surface area contributed by atoms with E-state index in [2.05, 4.69) is 34.5 Å². The molecule has 1 aromatic rings. The molecule has 1 unspecified atom stereocenters. The van der Waals surface area contributed by atoms with Gasteiger partial charge in [0.15, 0.2) is 0 Å². The van der Waals surface area contributed by atoms with Crippen molar-refractivity contribution in [3.8, 4) is 0 Å². The number of nitrogens with zero attached hydrogens (tertiary/aromatic N) is 1. The monoisotopic (exact) mass is 272 g/mol. The number of fused-ring (bicyclic) bond motifs is 1. The van der Waals surface area contributed by atoms with Crippen LogP contribution in [-0.2, 0) is 12.8 Å². The summed E-state index contributed by atoms with van der Waals surface area (Å²) in [6.45, 7) is 6.24. The Bertz CT molecular complexity index is 410. The summed E-state index contributed by atoms with van der Waals surface area (Å²) in [7, 11) is 0. The average molecular weight is 272 g/mol. The minimum absolute atomic E-state index is 0.839. The molecule has 1 saturated heterocycles. The van der Waals surface area contributed by atoms with Gasteiger partial charge in [-0.1, -0.05) is 30.7 Å². The van der Waals surface area contributed by atoms with E-state index in [-0.39, 0.29) is 0 Å². The zero-order chi connectivity index (χ0) is 13.6. The van der Waals surface area contributed by atoms with Gasteiger partial charge in [-0.2, -0.15) is 0 Å². The van der Waals surface area contributed by atoms with E-state index in [0.29, 0.717) is 0 Å². The fraction of sp³-hybridized carbons (Fsp3) is 0.667. The van der Waals surface area contributed by atoms with Crippen LogP contribution >= 0.6 is 0 Å². The highest BCUT2D eigenvalue weighted by atomic mass is 15.1. The molecule has 2 nitrogen and oxygen atoms in total. The lowest BCUT2D eigenvalue weighted by Gasteiger charge is -2.28. The molecule has 1 heterocycles. The molecule has 0 radical (unpaired) electrons. The average Bonchev–Trinajstić information content (AvgIpc) is 2.52. The van der Waals surface area contributed by atoms with Gasteiger partial charge in [-0.25, -0.2) is 0 Å². The molecular weight excluding hydrogens is 244 g/mol. The third kappa shape index (κ3) is 3.83. The van der Waals surface area contributed by atoms with Crippen LogP contribution < -0.4 is 5.32 Å². The fourth-order valence-electron chi connectivity index (χ4n) is 3.67. The van der Waals surface area contributed by atoms with Crippen LogP contribution in [0, 0.1) is 5.92 Å². The Hall–Kier alpha value is -0.860. The molecule has 0 spiro atoms. The van der Waals surface area contributed by atoms with Crippen molar-refractivity contribution in [1.82, 2.24) is 10.2 Å². The highest BCUT2D eigenvalue weighted by Crippen LogP contribution is 2.24. The molecule has 2 aliphatic rings. The summed E-state index contributed by atoms with van der Waals surface area (Å²) in [6, 6.07) is 8.98. The third-order valence-corrected chi connectivity index (χ3v) is 4.94. The first-order chi connectivity index (χ1) is 9.92. The Balaban J connectivity index is 1.35. The predicted octanol–water partition coefficient (Wildman–Crippen LogP) is 2.87. The number of nitrogens with one attached hydrogen (secondary N) is 1. The molecule has 0 saturated carbocycles. The zero-order valence-electron chi connectivity index (χ0n) is 12.6. The van der Waals surface area contributed by atoms with Crippen molar-refractivity contribution in [2.75, 3.05) is 32.7 Å². The summed E-state index contributed by atoms with van der Waals surface area (Å²) in [5.41, 5.74) is 3.17. The van der Waals surface area contributed by atoms with Gasteiger partial charge in [0, 0.05) is 13.1 Å². The minimum Gasteiger partial charge on any atom is -0.315 e. The second kappa shape index (κ2) is 7.24. The normalized spacial score (nSPS) is 23.5. The maximum Gasteiger partial charge on any atom is 0.0107 e. The zero-order valence-corrected chi connectivity index (χ0v) is 12.6. The van der Waals surface area contributed by atoms with E-state index in [1.165, 1.54) is 64.7 Å². The van der Waals surface area contributed by atoms with Crippen LogP contribution in [-0.4, -0.2) is 37.6 Å². The lowest BCUT2D eigenvalue weighted by Crippen LogP contribution is -2.37. The van der Waals surface area contributed by atoms with Gasteiger partial charge in [-0.3, -0.25) is 0 Å². The second-order valence-corrected chi connectivity index (χ2v) is 6.48. The molecule has 110 valence electrons. The lowest BCUT2D eigenvalue weighted by molar-refractivity contribution is 0.227. The second-order valence-electron chi connectivity index (χ2n) is 6.48. The number of piperidine rings is 1. The van der Waals surface area contributed by atoms with E-state index in [1.807, 2.05) is 0 Å². The Morgan fingerprint density at radius 1 is 1.05 bits per heavy atom. The Labute approximate surface area is 123 Å². The Morgan fingerprint density at radius 3 is 2.70 bits per heavy atom. The first kappa shape index (κ1) is 14.1. The van der Waals surface area contributed by atoms with E-state index < -0.39 is 0 Å².